The monoisotopic (exact) mass is 397 g/mol. The smallest absolute Gasteiger partial charge is 0.237 e. The summed E-state index contributed by atoms with van der Waals surface area (Å²) in [6, 6.07) is 7.00. The molecular formula is C20H19N3O2S2. The summed E-state index contributed by atoms with van der Waals surface area (Å²) in [7, 11) is 0. The fourth-order valence-electron chi connectivity index (χ4n) is 3.27. The van der Waals surface area contributed by atoms with Gasteiger partial charge in [0.05, 0.1) is 5.25 Å². The summed E-state index contributed by atoms with van der Waals surface area (Å²) >= 11 is 3.20. The number of nitrogens with zero attached hydrogens (tertiary/aromatic N) is 2. The number of nitrogens with one attached hydrogen (secondary N) is 1. The summed E-state index contributed by atoms with van der Waals surface area (Å²) in [6.45, 7) is 3.38. The largest absolute Gasteiger partial charge is 0.325 e. The lowest BCUT2D eigenvalue weighted by atomic mass is 10.1. The zero-order valence-electron chi connectivity index (χ0n) is 15.1. The molecule has 1 aliphatic carbocycles. The van der Waals surface area contributed by atoms with E-state index in [-0.39, 0.29) is 16.9 Å². The van der Waals surface area contributed by atoms with Crippen LogP contribution in [-0.4, -0.2) is 26.9 Å². The molecule has 138 valence electrons. The maximum absolute atomic E-state index is 12.6. The summed E-state index contributed by atoms with van der Waals surface area (Å²) in [4.78, 5) is 35.5. The van der Waals surface area contributed by atoms with Crippen molar-refractivity contribution in [2.75, 3.05) is 5.32 Å². The molecule has 1 aliphatic rings. The van der Waals surface area contributed by atoms with E-state index in [1.54, 1.807) is 41.9 Å². The van der Waals surface area contributed by atoms with E-state index in [0.29, 0.717) is 11.3 Å². The lowest BCUT2D eigenvalue weighted by molar-refractivity contribution is -0.115. The number of thiophene rings is 1. The van der Waals surface area contributed by atoms with E-state index >= 15 is 0 Å². The zero-order valence-corrected chi connectivity index (χ0v) is 16.7. The Kier molecular flexibility index (Phi) is 4.97. The Morgan fingerprint density at radius 3 is 2.93 bits per heavy atom. The van der Waals surface area contributed by atoms with Crippen molar-refractivity contribution in [3.05, 3.63) is 46.6 Å². The maximum Gasteiger partial charge on any atom is 0.237 e. The standard InChI is InChI=1S/C20H19N3O2S2/c1-11(24)13-5-3-6-14(9-13)23-18(25)12(2)26-19-17-15-7-4-8-16(15)27-20(17)22-10-21-19/h3,5-6,9-10,12H,4,7-8H2,1-2H3,(H,23,25)/t12-/m0/s1. The number of aryl methyl sites for hydroxylation is 2. The van der Waals surface area contributed by atoms with Gasteiger partial charge in [-0.1, -0.05) is 23.9 Å². The molecule has 0 saturated heterocycles. The van der Waals surface area contributed by atoms with Gasteiger partial charge in [0.15, 0.2) is 5.78 Å². The molecule has 2 heterocycles. The van der Waals surface area contributed by atoms with Crippen LogP contribution in [-0.2, 0) is 17.6 Å². The molecule has 27 heavy (non-hydrogen) atoms. The number of carbonyl (C=O) groups is 2. The quantitative estimate of drug-likeness (QED) is 0.390. The van der Waals surface area contributed by atoms with Crippen LogP contribution in [0.3, 0.4) is 0 Å². The minimum absolute atomic E-state index is 0.0248. The highest BCUT2D eigenvalue weighted by Crippen LogP contribution is 2.40. The molecule has 1 atom stereocenters. The van der Waals surface area contributed by atoms with Crippen LogP contribution >= 0.6 is 23.1 Å². The Hall–Kier alpha value is -2.25. The van der Waals surface area contributed by atoms with Crippen LogP contribution in [0.25, 0.3) is 10.2 Å². The Morgan fingerprint density at radius 1 is 1.26 bits per heavy atom. The van der Waals surface area contributed by atoms with Crippen molar-refractivity contribution in [3.8, 4) is 0 Å². The first-order chi connectivity index (χ1) is 13.0. The van der Waals surface area contributed by atoms with E-state index in [1.807, 2.05) is 6.92 Å². The van der Waals surface area contributed by atoms with Crippen LogP contribution in [0.1, 0.15) is 41.1 Å². The van der Waals surface area contributed by atoms with Gasteiger partial charge in [0, 0.05) is 21.5 Å². The van der Waals surface area contributed by atoms with Crippen molar-refractivity contribution in [1.82, 2.24) is 9.97 Å². The number of benzene rings is 1. The number of thioether (sulfide) groups is 1. The second-order valence-electron chi connectivity index (χ2n) is 6.60. The number of hydrogen-bond donors (Lipinski definition) is 1. The molecule has 0 fully saturated rings. The predicted molar refractivity (Wildman–Crippen MR) is 110 cm³/mol. The molecule has 7 heteroatoms. The van der Waals surface area contributed by atoms with E-state index in [0.717, 1.165) is 28.1 Å². The Labute approximate surface area is 165 Å². The van der Waals surface area contributed by atoms with E-state index < -0.39 is 0 Å². The van der Waals surface area contributed by atoms with Gasteiger partial charge in [0.2, 0.25) is 5.91 Å². The van der Waals surface area contributed by atoms with E-state index in [2.05, 4.69) is 15.3 Å². The number of hydrogen-bond acceptors (Lipinski definition) is 6. The Bertz CT molecular complexity index is 1040. The highest BCUT2D eigenvalue weighted by atomic mass is 32.2. The number of carbonyl (C=O) groups excluding carboxylic acids is 2. The molecule has 0 saturated carbocycles. The fourth-order valence-corrected chi connectivity index (χ4v) is 5.51. The van der Waals surface area contributed by atoms with Crippen LogP contribution in [0.4, 0.5) is 5.69 Å². The number of amides is 1. The summed E-state index contributed by atoms with van der Waals surface area (Å²) < 4.78 is 0. The lowest BCUT2D eigenvalue weighted by Crippen LogP contribution is -2.22. The number of fused-ring (bicyclic) bond motifs is 3. The van der Waals surface area contributed by atoms with Gasteiger partial charge < -0.3 is 5.32 Å². The first kappa shape index (κ1) is 18.1. The lowest BCUT2D eigenvalue weighted by Gasteiger charge is -2.13. The van der Waals surface area contributed by atoms with Gasteiger partial charge >= 0.3 is 0 Å². The number of ketones is 1. The minimum Gasteiger partial charge on any atom is -0.325 e. The molecule has 1 amide bonds. The molecule has 3 aromatic rings. The van der Waals surface area contributed by atoms with Crippen LogP contribution < -0.4 is 5.32 Å². The second kappa shape index (κ2) is 7.40. The van der Waals surface area contributed by atoms with Crippen LogP contribution in [0.5, 0.6) is 0 Å². The summed E-state index contributed by atoms with van der Waals surface area (Å²) in [5.41, 5.74) is 2.57. The van der Waals surface area contributed by atoms with Crippen molar-refractivity contribution in [3.63, 3.8) is 0 Å². The molecule has 0 spiro atoms. The Balaban J connectivity index is 1.53. The average molecular weight is 398 g/mol. The van der Waals surface area contributed by atoms with Crippen molar-refractivity contribution in [2.24, 2.45) is 0 Å². The third-order valence-electron chi connectivity index (χ3n) is 4.66. The van der Waals surface area contributed by atoms with Gasteiger partial charge in [-0.05, 0) is 50.8 Å². The van der Waals surface area contributed by atoms with Crippen molar-refractivity contribution in [2.45, 2.75) is 43.4 Å². The van der Waals surface area contributed by atoms with Gasteiger partial charge in [-0.3, -0.25) is 9.59 Å². The second-order valence-corrected chi connectivity index (χ2v) is 9.02. The number of aromatic nitrogens is 2. The van der Waals surface area contributed by atoms with Crippen LogP contribution in [0, 0.1) is 0 Å². The van der Waals surface area contributed by atoms with E-state index in [1.165, 1.54) is 35.5 Å². The van der Waals surface area contributed by atoms with Gasteiger partial charge in [-0.15, -0.1) is 11.3 Å². The van der Waals surface area contributed by atoms with Crippen LogP contribution in [0.2, 0.25) is 0 Å². The van der Waals surface area contributed by atoms with Gasteiger partial charge in [-0.2, -0.15) is 0 Å². The molecule has 5 nitrogen and oxygen atoms in total. The highest BCUT2D eigenvalue weighted by Gasteiger charge is 2.24. The average Bonchev–Trinajstić information content (AvgIpc) is 3.23. The zero-order chi connectivity index (χ0) is 19.0. The van der Waals surface area contributed by atoms with E-state index in [9.17, 15) is 9.59 Å². The number of anilines is 1. The summed E-state index contributed by atoms with van der Waals surface area (Å²) in [5.74, 6) is -0.137. The van der Waals surface area contributed by atoms with Gasteiger partial charge in [0.1, 0.15) is 16.2 Å². The number of rotatable bonds is 5. The first-order valence-corrected chi connectivity index (χ1v) is 10.6. The van der Waals surface area contributed by atoms with Gasteiger partial charge in [-0.25, -0.2) is 9.97 Å². The van der Waals surface area contributed by atoms with Crippen molar-refractivity contribution in [1.29, 1.82) is 0 Å². The molecule has 0 radical (unpaired) electrons. The highest BCUT2D eigenvalue weighted by molar-refractivity contribution is 8.00. The molecule has 0 unspecified atom stereocenters. The molecule has 4 rings (SSSR count). The molecule has 2 aromatic heterocycles. The fraction of sp³-hybridized carbons (Fsp3) is 0.300. The van der Waals surface area contributed by atoms with Crippen molar-refractivity contribution < 1.29 is 9.59 Å². The molecule has 0 aliphatic heterocycles. The SMILES string of the molecule is CC(=O)c1cccc(NC(=O)[C@H](C)Sc2ncnc3sc4c(c23)CCC4)c1. The normalized spacial score (nSPS) is 14.1. The molecule has 1 N–H and O–H groups in total. The third-order valence-corrected chi connectivity index (χ3v) is 6.96. The predicted octanol–water partition coefficient (Wildman–Crippen LogP) is 4.50. The molecular weight excluding hydrogens is 378 g/mol. The van der Waals surface area contributed by atoms with Gasteiger partial charge in [0.25, 0.3) is 0 Å². The number of Topliss-reactive ketones (excluding diaryl/α,β-unsaturated/α-hetero) is 1. The van der Waals surface area contributed by atoms with Crippen molar-refractivity contribution >= 4 is 50.7 Å². The maximum atomic E-state index is 12.6. The minimum atomic E-state index is -0.318. The molecule has 0 bridgehead atoms. The van der Waals surface area contributed by atoms with E-state index in [4.69, 9.17) is 0 Å². The summed E-state index contributed by atoms with van der Waals surface area (Å²) in [6.07, 6.45) is 4.94. The topological polar surface area (TPSA) is 72.0 Å². The first-order valence-electron chi connectivity index (χ1n) is 8.86. The Morgan fingerprint density at radius 2 is 2.11 bits per heavy atom. The summed E-state index contributed by atoms with van der Waals surface area (Å²) in [5, 5.41) is 4.58. The third kappa shape index (κ3) is 3.61. The van der Waals surface area contributed by atoms with Crippen LogP contribution in [0.15, 0.2) is 35.6 Å². The molecule has 1 aromatic carbocycles.